The van der Waals surface area contributed by atoms with E-state index in [-0.39, 0.29) is 11.8 Å². The molecule has 1 aromatic carbocycles. The Balaban J connectivity index is 2.49. The second kappa shape index (κ2) is 7.67. The van der Waals surface area contributed by atoms with Crippen LogP contribution in [-0.2, 0) is 6.54 Å². The Labute approximate surface area is 117 Å². The standard InChI is InChI=1S/C14H20F2N2O2/c1-10(2)8-17-14(19)18(3)9-11-4-6-12(7-5-11)20-13(15)16/h4-7,10,13H,8-9H2,1-3H3,(H,17,19). The minimum atomic E-state index is -2.83. The van der Waals surface area contributed by atoms with Crippen molar-refractivity contribution < 1.29 is 18.3 Å². The highest BCUT2D eigenvalue weighted by atomic mass is 19.3. The highest BCUT2D eigenvalue weighted by Crippen LogP contribution is 2.15. The van der Waals surface area contributed by atoms with E-state index in [4.69, 9.17) is 0 Å². The van der Waals surface area contributed by atoms with Crippen molar-refractivity contribution >= 4 is 6.03 Å². The number of benzene rings is 1. The Bertz CT molecular complexity index is 422. The smallest absolute Gasteiger partial charge is 0.387 e. The number of halogens is 2. The van der Waals surface area contributed by atoms with E-state index in [1.807, 2.05) is 13.8 Å². The van der Waals surface area contributed by atoms with Crippen molar-refractivity contribution in [1.82, 2.24) is 10.2 Å². The van der Waals surface area contributed by atoms with Gasteiger partial charge in [0.1, 0.15) is 5.75 Å². The van der Waals surface area contributed by atoms with E-state index in [2.05, 4.69) is 10.1 Å². The average Bonchev–Trinajstić information content (AvgIpc) is 2.37. The number of nitrogens with zero attached hydrogens (tertiary/aromatic N) is 1. The number of urea groups is 1. The number of hydrogen-bond acceptors (Lipinski definition) is 2. The van der Waals surface area contributed by atoms with Crippen LogP contribution in [0.15, 0.2) is 24.3 Å². The molecular formula is C14H20F2N2O2. The molecule has 0 aliphatic heterocycles. The van der Waals surface area contributed by atoms with Crippen molar-refractivity contribution in [2.75, 3.05) is 13.6 Å². The van der Waals surface area contributed by atoms with Crippen molar-refractivity contribution in [1.29, 1.82) is 0 Å². The van der Waals surface area contributed by atoms with Crippen LogP contribution in [0, 0.1) is 5.92 Å². The van der Waals surface area contributed by atoms with Gasteiger partial charge in [0.25, 0.3) is 0 Å². The van der Waals surface area contributed by atoms with Gasteiger partial charge in [-0.3, -0.25) is 0 Å². The van der Waals surface area contributed by atoms with Crippen molar-refractivity contribution in [2.45, 2.75) is 27.0 Å². The quantitative estimate of drug-likeness (QED) is 0.873. The van der Waals surface area contributed by atoms with Crippen molar-refractivity contribution in [3.63, 3.8) is 0 Å². The number of carbonyl (C=O) groups excluding carboxylic acids is 1. The number of ether oxygens (including phenoxy) is 1. The molecule has 20 heavy (non-hydrogen) atoms. The summed E-state index contributed by atoms with van der Waals surface area (Å²) in [6.07, 6.45) is 0. The fourth-order valence-electron chi connectivity index (χ4n) is 1.55. The third-order valence-corrected chi connectivity index (χ3v) is 2.58. The summed E-state index contributed by atoms with van der Waals surface area (Å²) in [5, 5.41) is 2.80. The van der Waals surface area contributed by atoms with Crippen LogP contribution in [0.4, 0.5) is 13.6 Å². The van der Waals surface area contributed by atoms with E-state index < -0.39 is 6.61 Å². The average molecular weight is 286 g/mol. The summed E-state index contributed by atoms with van der Waals surface area (Å²) in [6, 6.07) is 6.07. The van der Waals surface area contributed by atoms with E-state index in [1.165, 1.54) is 17.0 Å². The second-order valence-corrected chi connectivity index (χ2v) is 4.96. The predicted octanol–water partition coefficient (Wildman–Crippen LogP) is 3.09. The second-order valence-electron chi connectivity index (χ2n) is 4.96. The molecule has 0 saturated carbocycles. The summed E-state index contributed by atoms with van der Waals surface area (Å²) in [5.74, 6) is 0.494. The van der Waals surface area contributed by atoms with Gasteiger partial charge < -0.3 is 15.0 Å². The van der Waals surface area contributed by atoms with Gasteiger partial charge in [-0.15, -0.1) is 0 Å². The topological polar surface area (TPSA) is 41.6 Å². The molecule has 112 valence electrons. The van der Waals surface area contributed by atoms with Crippen LogP contribution in [-0.4, -0.2) is 31.1 Å². The number of carbonyl (C=O) groups is 1. The van der Waals surface area contributed by atoms with E-state index in [0.29, 0.717) is 19.0 Å². The molecule has 4 nitrogen and oxygen atoms in total. The van der Waals surface area contributed by atoms with Crippen molar-refractivity contribution in [3.05, 3.63) is 29.8 Å². The summed E-state index contributed by atoms with van der Waals surface area (Å²) in [5.41, 5.74) is 0.841. The maximum absolute atomic E-state index is 12.0. The van der Waals surface area contributed by atoms with Gasteiger partial charge in [-0.1, -0.05) is 26.0 Å². The lowest BCUT2D eigenvalue weighted by Crippen LogP contribution is -2.38. The third kappa shape index (κ3) is 5.86. The first kappa shape index (κ1) is 16.2. The first-order valence-electron chi connectivity index (χ1n) is 6.41. The minimum absolute atomic E-state index is 0.107. The molecule has 0 aliphatic rings. The molecule has 6 heteroatoms. The number of hydrogen-bond donors (Lipinski definition) is 1. The molecular weight excluding hydrogens is 266 g/mol. The molecule has 0 atom stereocenters. The first-order valence-corrected chi connectivity index (χ1v) is 6.41. The Kier molecular flexibility index (Phi) is 6.21. The van der Waals surface area contributed by atoms with Crippen LogP contribution < -0.4 is 10.1 Å². The van der Waals surface area contributed by atoms with E-state index >= 15 is 0 Å². The Morgan fingerprint density at radius 1 is 1.30 bits per heavy atom. The molecule has 0 fully saturated rings. The summed E-state index contributed by atoms with van der Waals surface area (Å²) in [6.45, 7) is 2.22. The summed E-state index contributed by atoms with van der Waals surface area (Å²) < 4.78 is 28.3. The maximum Gasteiger partial charge on any atom is 0.387 e. The lowest BCUT2D eigenvalue weighted by molar-refractivity contribution is -0.0498. The Morgan fingerprint density at radius 2 is 1.90 bits per heavy atom. The molecule has 0 heterocycles. The van der Waals surface area contributed by atoms with Crippen molar-refractivity contribution in [2.24, 2.45) is 5.92 Å². The summed E-state index contributed by atoms with van der Waals surface area (Å²) in [4.78, 5) is 13.3. The molecule has 1 aromatic rings. The number of nitrogens with one attached hydrogen (secondary N) is 1. The SMILES string of the molecule is CC(C)CNC(=O)N(C)Cc1ccc(OC(F)F)cc1. The molecule has 0 spiro atoms. The van der Waals surface area contributed by atoms with Gasteiger partial charge in [0.15, 0.2) is 0 Å². The number of rotatable bonds is 6. The molecule has 0 bridgehead atoms. The Morgan fingerprint density at radius 3 is 2.40 bits per heavy atom. The van der Waals surface area contributed by atoms with Gasteiger partial charge in [0.2, 0.25) is 0 Å². The van der Waals surface area contributed by atoms with Crippen molar-refractivity contribution in [3.8, 4) is 5.75 Å². The zero-order valence-corrected chi connectivity index (χ0v) is 11.9. The fraction of sp³-hybridized carbons (Fsp3) is 0.500. The molecule has 1 rings (SSSR count). The zero-order chi connectivity index (χ0) is 15.1. The van der Waals surface area contributed by atoms with E-state index in [9.17, 15) is 13.6 Å². The number of amides is 2. The fourth-order valence-corrected chi connectivity index (χ4v) is 1.55. The molecule has 0 radical (unpaired) electrons. The molecule has 0 aliphatic carbocycles. The number of alkyl halides is 2. The molecule has 1 N–H and O–H groups in total. The largest absolute Gasteiger partial charge is 0.435 e. The lowest BCUT2D eigenvalue weighted by Gasteiger charge is -2.19. The van der Waals surface area contributed by atoms with Crippen LogP contribution in [0.25, 0.3) is 0 Å². The van der Waals surface area contributed by atoms with Crippen LogP contribution in [0.2, 0.25) is 0 Å². The van der Waals surface area contributed by atoms with Gasteiger partial charge >= 0.3 is 12.6 Å². The monoisotopic (exact) mass is 286 g/mol. The van der Waals surface area contributed by atoms with Gasteiger partial charge in [0, 0.05) is 20.1 Å². The lowest BCUT2D eigenvalue weighted by atomic mass is 10.2. The van der Waals surface area contributed by atoms with Gasteiger partial charge in [-0.25, -0.2) is 4.79 Å². The predicted molar refractivity (Wildman–Crippen MR) is 72.8 cm³/mol. The highest BCUT2D eigenvalue weighted by molar-refractivity contribution is 5.73. The highest BCUT2D eigenvalue weighted by Gasteiger charge is 2.09. The maximum atomic E-state index is 12.0. The van der Waals surface area contributed by atoms with Crippen LogP contribution in [0.1, 0.15) is 19.4 Å². The normalized spacial score (nSPS) is 10.8. The summed E-state index contributed by atoms with van der Waals surface area (Å²) >= 11 is 0. The molecule has 0 unspecified atom stereocenters. The molecule has 2 amide bonds. The van der Waals surface area contributed by atoms with Gasteiger partial charge in [0.05, 0.1) is 0 Å². The van der Waals surface area contributed by atoms with Gasteiger partial charge in [-0.2, -0.15) is 8.78 Å². The van der Waals surface area contributed by atoms with Crippen LogP contribution in [0.3, 0.4) is 0 Å². The van der Waals surface area contributed by atoms with Gasteiger partial charge in [-0.05, 0) is 23.6 Å². The minimum Gasteiger partial charge on any atom is -0.435 e. The summed E-state index contributed by atoms with van der Waals surface area (Å²) in [7, 11) is 1.68. The third-order valence-electron chi connectivity index (χ3n) is 2.58. The zero-order valence-electron chi connectivity index (χ0n) is 11.9. The van der Waals surface area contributed by atoms with E-state index in [1.54, 1.807) is 19.2 Å². The van der Waals surface area contributed by atoms with Crippen LogP contribution in [0.5, 0.6) is 5.75 Å². The van der Waals surface area contributed by atoms with E-state index in [0.717, 1.165) is 5.56 Å². The van der Waals surface area contributed by atoms with Crippen LogP contribution >= 0.6 is 0 Å². The Hall–Kier alpha value is -1.85. The first-order chi connectivity index (χ1) is 9.38. The molecule has 0 saturated heterocycles. The molecule has 0 aromatic heterocycles.